The van der Waals surface area contributed by atoms with Crippen molar-refractivity contribution in [2.24, 2.45) is 0 Å². The van der Waals surface area contributed by atoms with E-state index in [2.05, 4.69) is 78.5 Å². The summed E-state index contributed by atoms with van der Waals surface area (Å²) in [6.45, 7) is 4.51. The van der Waals surface area contributed by atoms with E-state index in [0.717, 1.165) is 59.1 Å². The molecule has 1 fully saturated rings. The number of nitrogens with one attached hydrogen (secondary N) is 1. The van der Waals surface area contributed by atoms with Crippen molar-refractivity contribution in [2.45, 2.75) is 25.3 Å². The van der Waals surface area contributed by atoms with Gasteiger partial charge in [-0.1, -0.05) is 48.5 Å². The van der Waals surface area contributed by atoms with Gasteiger partial charge in [-0.3, -0.25) is 4.57 Å². The highest BCUT2D eigenvalue weighted by atomic mass is 16.7. The maximum absolute atomic E-state index is 14.2. The van der Waals surface area contributed by atoms with Crippen LogP contribution in [-0.2, 0) is 6.42 Å². The third-order valence-electron chi connectivity index (χ3n) is 8.46. The number of piperazine rings is 1. The van der Waals surface area contributed by atoms with Crippen molar-refractivity contribution in [1.29, 1.82) is 0 Å². The molecule has 0 spiro atoms. The zero-order valence-corrected chi connectivity index (χ0v) is 23.3. The monoisotopic (exact) mass is 547 g/mol. The fraction of sp³-hybridized carbons (Fsp3) is 0.273. The Morgan fingerprint density at radius 2 is 1.90 bits per heavy atom. The molecule has 1 amide bonds. The largest absolute Gasteiger partial charge is 0.454 e. The number of aromatic nitrogens is 3. The Morgan fingerprint density at radius 3 is 2.78 bits per heavy atom. The van der Waals surface area contributed by atoms with Gasteiger partial charge >= 0.3 is 6.03 Å². The number of rotatable bonds is 5. The predicted octanol–water partition coefficient (Wildman–Crippen LogP) is 5.68. The molecular formula is C33H33N5O3. The van der Waals surface area contributed by atoms with E-state index < -0.39 is 0 Å². The summed E-state index contributed by atoms with van der Waals surface area (Å²) < 4.78 is 12.9. The van der Waals surface area contributed by atoms with Gasteiger partial charge < -0.3 is 24.3 Å². The van der Waals surface area contributed by atoms with Crippen LogP contribution in [0.2, 0.25) is 0 Å². The molecule has 5 aromatic rings. The highest BCUT2D eigenvalue weighted by Crippen LogP contribution is 2.36. The quantitative estimate of drug-likeness (QED) is 0.307. The molecule has 2 aromatic heterocycles. The smallest absolute Gasteiger partial charge is 0.328 e. The number of amides is 1. The third-order valence-corrected chi connectivity index (χ3v) is 8.46. The minimum Gasteiger partial charge on any atom is -0.454 e. The number of ether oxygens (including phenoxy) is 2. The molecule has 7 rings (SSSR count). The number of carbonyl (C=O) groups excluding carboxylic acids is 1. The van der Waals surface area contributed by atoms with E-state index in [9.17, 15) is 4.79 Å². The lowest BCUT2D eigenvalue weighted by molar-refractivity contribution is 0.0939. The highest BCUT2D eigenvalue weighted by Gasteiger charge is 2.38. The van der Waals surface area contributed by atoms with E-state index in [-0.39, 0.29) is 24.8 Å². The fourth-order valence-corrected chi connectivity index (χ4v) is 6.32. The van der Waals surface area contributed by atoms with Crippen LogP contribution in [0.5, 0.6) is 11.5 Å². The minimum atomic E-state index is -0.0721. The lowest BCUT2D eigenvalue weighted by Gasteiger charge is -2.43. The summed E-state index contributed by atoms with van der Waals surface area (Å²) in [5.41, 5.74) is 5.29. The lowest BCUT2D eigenvalue weighted by atomic mass is 9.86. The number of fused-ring (bicyclic) bond motifs is 2. The van der Waals surface area contributed by atoms with Crippen LogP contribution in [0.1, 0.15) is 22.9 Å². The SMILES string of the molecule is Cc1[nH]cnc1C(Cc1ccc2c(c1)OCO2)C1CN(C)CCN1C(=O)n1ccc(-c2cccc3ccccc23)c1. The van der Waals surface area contributed by atoms with E-state index in [4.69, 9.17) is 14.5 Å². The molecule has 3 aromatic carbocycles. The summed E-state index contributed by atoms with van der Waals surface area (Å²) in [6.07, 6.45) is 6.32. The first-order valence-electron chi connectivity index (χ1n) is 14.1. The third kappa shape index (κ3) is 4.74. The molecule has 8 nitrogen and oxygen atoms in total. The Morgan fingerprint density at radius 1 is 1.05 bits per heavy atom. The van der Waals surface area contributed by atoms with Crippen LogP contribution in [0.25, 0.3) is 21.9 Å². The summed E-state index contributed by atoms with van der Waals surface area (Å²) >= 11 is 0. The molecule has 0 aliphatic carbocycles. The molecule has 2 aliphatic rings. The van der Waals surface area contributed by atoms with Gasteiger partial charge in [-0.05, 0) is 60.5 Å². The number of aryl methyl sites for hydroxylation is 1. The summed E-state index contributed by atoms with van der Waals surface area (Å²) in [5, 5.41) is 2.36. The fourth-order valence-electron chi connectivity index (χ4n) is 6.32. The van der Waals surface area contributed by atoms with Gasteiger partial charge in [0.05, 0.1) is 18.1 Å². The maximum atomic E-state index is 14.2. The number of hydrogen-bond donors (Lipinski definition) is 1. The van der Waals surface area contributed by atoms with Gasteiger partial charge in [0, 0.05) is 49.2 Å². The van der Waals surface area contributed by atoms with Crippen LogP contribution >= 0.6 is 0 Å². The number of nitrogens with zero attached hydrogens (tertiary/aromatic N) is 4. The number of aromatic amines is 1. The Hall–Kier alpha value is -4.56. The van der Waals surface area contributed by atoms with Crippen molar-refractivity contribution in [3.8, 4) is 22.6 Å². The van der Waals surface area contributed by atoms with Crippen molar-refractivity contribution in [2.75, 3.05) is 33.5 Å². The lowest BCUT2D eigenvalue weighted by Crippen LogP contribution is -2.57. The average molecular weight is 548 g/mol. The van der Waals surface area contributed by atoms with Crippen LogP contribution in [0.15, 0.2) is 85.5 Å². The number of imidazole rings is 1. The first-order chi connectivity index (χ1) is 20.0. The zero-order valence-electron chi connectivity index (χ0n) is 23.3. The van der Waals surface area contributed by atoms with E-state index in [1.807, 2.05) is 29.4 Å². The van der Waals surface area contributed by atoms with Crippen molar-refractivity contribution in [3.63, 3.8) is 0 Å². The molecule has 8 heteroatoms. The number of likely N-dealkylation sites (N-methyl/N-ethyl adjacent to an activating group) is 1. The summed E-state index contributed by atoms with van der Waals surface area (Å²) in [4.78, 5) is 26.6. The van der Waals surface area contributed by atoms with E-state index in [0.29, 0.717) is 6.54 Å². The molecule has 4 heterocycles. The van der Waals surface area contributed by atoms with Gasteiger partial charge in [-0.2, -0.15) is 0 Å². The summed E-state index contributed by atoms with van der Waals surface area (Å²) in [6, 6.07) is 22.7. The molecule has 2 aliphatic heterocycles. The molecule has 0 saturated carbocycles. The second-order valence-corrected chi connectivity index (χ2v) is 11.1. The molecule has 1 saturated heterocycles. The second-order valence-electron chi connectivity index (χ2n) is 11.1. The topological polar surface area (TPSA) is 75.6 Å². The predicted molar refractivity (Wildman–Crippen MR) is 158 cm³/mol. The second kappa shape index (κ2) is 10.4. The van der Waals surface area contributed by atoms with Crippen LogP contribution in [-0.4, -0.2) is 69.9 Å². The van der Waals surface area contributed by atoms with Crippen molar-refractivity contribution < 1.29 is 14.3 Å². The molecule has 1 N–H and O–H groups in total. The number of H-pyrrole nitrogens is 1. The summed E-state index contributed by atoms with van der Waals surface area (Å²) in [7, 11) is 2.12. The minimum absolute atomic E-state index is 0.0126. The van der Waals surface area contributed by atoms with Crippen LogP contribution in [0.4, 0.5) is 4.79 Å². The number of carbonyl (C=O) groups is 1. The highest BCUT2D eigenvalue weighted by molar-refractivity contribution is 5.97. The van der Waals surface area contributed by atoms with Crippen LogP contribution < -0.4 is 9.47 Å². The first-order valence-corrected chi connectivity index (χ1v) is 14.1. The Labute approximate surface area is 239 Å². The molecule has 41 heavy (non-hydrogen) atoms. The Kier molecular flexibility index (Phi) is 6.47. The van der Waals surface area contributed by atoms with Crippen LogP contribution in [0.3, 0.4) is 0 Å². The van der Waals surface area contributed by atoms with Gasteiger partial charge in [-0.15, -0.1) is 0 Å². The van der Waals surface area contributed by atoms with Gasteiger partial charge in [0.2, 0.25) is 6.79 Å². The maximum Gasteiger partial charge on any atom is 0.328 e. The Balaban J connectivity index is 1.22. The van der Waals surface area contributed by atoms with E-state index in [1.165, 1.54) is 10.8 Å². The standard InChI is InChI=1S/C33H33N5O3/c1-22-32(35-20-34-22)28(16-23-10-11-30-31(17-23)41-21-40-30)29-19-36(2)14-15-38(29)33(39)37-13-12-25(18-37)27-9-5-7-24-6-3-4-8-26(24)27/h3-13,17-18,20,28-29H,14-16,19,21H2,1-2H3,(H,34,35). The molecule has 208 valence electrons. The average Bonchev–Trinajstić information content (AvgIpc) is 3.76. The van der Waals surface area contributed by atoms with E-state index in [1.54, 1.807) is 10.9 Å². The van der Waals surface area contributed by atoms with Gasteiger partial charge in [0.15, 0.2) is 11.5 Å². The van der Waals surface area contributed by atoms with Crippen molar-refractivity contribution in [3.05, 3.63) is 102 Å². The van der Waals surface area contributed by atoms with Crippen molar-refractivity contribution >= 4 is 16.8 Å². The number of hydrogen-bond acceptors (Lipinski definition) is 5. The van der Waals surface area contributed by atoms with E-state index >= 15 is 0 Å². The molecular weight excluding hydrogens is 514 g/mol. The molecule has 0 radical (unpaired) electrons. The van der Waals surface area contributed by atoms with Gasteiger partial charge in [-0.25, -0.2) is 9.78 Å². The molecule has 0 bridgehead atoms. The van der Waals surface area contributed by atoms with Crippen LogP contribution in [0, 0.1) is 6.92 Å². The normalized spacial score (nSPS) is 17.7. The molecule has 2 unspecified atom stereocenters. The van der Waals surface area contributed by atoms with Gasteiger partial charge in [0.1, 0.15) is 0 Å². The Bertz CT molecular complexity index is 1720. The summed E-state index contributed by atoms with van der Waals surface area (Å²) in [5.74, 6) is 1.52. The van der Waals surface area contributed by atoms with Gasteiger partial charge in [0.25, 0.3) is 0 Å². The zero-order chi connectivity index (χ0) is 27.9. The first kappa shape index (κ1) is 25.4. The molecule has 2 atom stereocenters. The number of benzene rings is 3. The van der Waals surface area contributed by atoms with Crippen molar-refractivity contribution in [1.82, 2.24) is 24.3 Å².